The summed E-state index contributed by atoms with van der Waals surface area (Å²) in [5.74, 6) is -2.37. The van der Waals surface area contributed by atoms with E-state index in [9.17, 15) is 23.8 Å². The number of hydrogen-bond acceptors (Lipinski definition) is 2. The van der Waals surface area contributed by atoms with Crippen LogP contribution in [0.4, 0.5) is 8.78 Å². The lowest BCUT2D eigenvalue weighted by molar-refractivity contribution is 0.0693. The Hall–Kier alpha value is -3.21. The molecule has 0 saturated carbocycles. The number of aromatic carboxylic acids is 1. The molecule has 0 saturated heterocycles. The van der Waals surface area contributed by atoms with Crippen molar-refractivity contribution in [2.24, 2.45) is 0 Å². The molecule has 2 unspecified atom stereocenters. The monoisotopic (exact) mass is 382 g/mol. The second-order valence-corrected chi connectivity index (χ2v) is 6.87. The van der Waals surface area contributed by atoms with Crippen molar-refractivity contribution in [2.45, 2.75) is 25.2 Å². The summed E-state index contributed by atoms with van der Waals surface area (Å²) in [6.07, 6.45) is 0.598. The maximum Gasteiger partial charge on any atom is 0.339 e. The Morgan fingerprint density at radius 1 is 0.857 bits per heavy atom. The van der Waals surface area contributed by atoms with E-state index in [0.29, 0.717) is 12.0 Å². The van der Waals surface area contributed by atoms with Crippen LogP contribution >= 0.6 is 0 Å². The molecule has 0 fully saturated rings. The van der Waals surface area contributed by atoms with Gasteiger partial charge in [0.05, 0.1) is 0 Å². The van der Waals surface area contributed by atoms with Crippen LogP contribution in [0.25, 0.3) is 0 Å². The molecule has 0 amide bonds. The van der Waals surface area contributed by atoms with Gasteiger partial charge in [-0.15, -0.1) is 0 Å². The predicted molar refractivity (Wildman–Crippen MR) is 103 cm³/mol. The first-order chi connectivity index (χ1) is 13.3. The van der Waals surface area contributed by atoms with E-state index in [1.165, 1.54) is 36.4 Å². The Kier molecular flexibility index (Phi) is 5.73. The number of phenols is 1. The Balaban J connectivity index is 2.00. The van der Waals surface area contributed by atoms with E-state index >= 15 is 0 Å². The first-order valence-electron chi connectivity index (χ1n) is 8.92. The fraction of sp³-hybridized carbons (Fsp3) is 0.174. The molecular formula is C23H20F2O3. The van der Waals surface area contributed by atoms with E-state index in [2.05, 4.69) is 0 Å². The Morgan fingerprint density at radius 3 is 1.89 bits per heavy atom. The zero-order chi connectivity index (χ0) is 20.3. The summed E-state index contributed by atoms with van der Waals surface area (Å²) in [5.41, 5.74) is 2.30. The molecule has 0 aliphatic rings. The van der Waals surface area contributed by atoms with E-state index in [0.717, 1.165) is 11.1 Å². The topological polar surface area (TPSA) is 57.5 Å². The van der Waals surface area contributed by atoms with Crippen molar-refractivity contribution < 1.29 is 23.8 Å². The molecular weight excluding hydrogens is 362 g/mol. The molecule has 0 aromatic heterocycles. The van der Waals surface area contributed by atoms with E-state index in [-0.39, 0.29) is 34.8 Å². The molecule has 0 bridgehead atoms. The van der Waals surface area contributed by atoms with Gasteiger partial charge in [-0.05, 0) is 65.4 Å². The zero-order valence-electron chi connectivity index (χ0n) is 15.3. The standard InChI is InChI=1S/C23H20F2O3/c1-14(15-2-7-18(24)8-3-15)12-20(16-4-9-19(25)10-5-16)17-6-11-22(26)21(13-17)23(27)28/h2-11,13-14,20,26H,12H2,1H3,(H,27,28). The number of carboxylic acid groups (broad SMARTS) is 1. The molecule has 3 aromatic carbocycles. The number of halogens is 2. The molecule has 0 spiro atoms. The number of hydrogen-bond donors (Lipinski definition) is 2. The highest BCUT2D eigenvalue weighted by Crippen LogP contribution is 2.36. The second-order valence-electron chi connectivity index (χ2n) is 6.87. The van der Waals surface area contributed by atoms with Gasteiger partial charge in [0.2, 0.25) is 0 Å². The normalized spacial score (nSPS) is 13.1. The summed E-state index contributed by atoms with van der Waals surface area (Å²) < 4.78 is 26.6. The van der Waals surface area contributed by atoms with Gasteiger partial charge in [-0.2, -0.15) is 0 Å². The summed E-state index contributed by atoms with van der Waals surface area (Å²) in [6, 6.07) is 16.8. The maximum atomic E-state index is 13.4. The van der Waals surface area contributed by atoms with Gasteiger partial charge in [0.1, 0.15) is 22.9 Å². The SMILES string of the molecule is CC(CC(c1ccc(F)cc1)c1ccc(O)c(C(=O)O)c1)c1ccc(F)cc1. The van der Waals surface area contributed by atoms with Crippen LogP contribution in [0.15, 0.2) is 66.7 Å². The van der Waals surface area contributed by atoms with Crippen LogP contribution in [0.2, 0.25) is 0 Å². The van der Waals surface area contributed by atoms with Gasteiger partial charge in [-0.1, -0.05) is 37.3 Å². The minimum absolute atomic E-state index is 0.0396. The van der Waals surface area contributed by atoms with E-state index in [1.54, 1.807) is 30.3 Å². The first-order valence-corrected chi connectivity index (χ1v) is 8.92. The number of rotatable bonds is 6. The fourth-order valence-electron chi connectivity index (χ4n) is 3.38. The third kappa shape index (κ3) is 4.36. The number of benzene rings is 3. The van der Waals surface area contributed by atoms with Gasteiger partial charge in [0.15, 0.2) is 0 Å². The predicted octanol–water partition coefficient (Wildman–Crippen LogP) is 5.69. The third-order valence-electron chi connectivity index (χ3n) is 4.95. The summed E-state index contributed by atoms with van der Waals surface area (Å²) in [7, 11) is 0. The Bertz CT molecular complexity index is 966. The lowest BCUT2D eigenvalue weighted by atomic mass is 9.81. The van der Waals surface area contributed by atoms with Crippen molar-refractivity contribution in [1.82, 2.24) is 0 Å². The van der Waals surface area contributed by atoms with Gasteiger partial charge in [-0.25, -0.2) is 13.6 Å². The Labute approximate surface area is 161 Å². The molecule has 2 N–H and O–H groups in total. The van der Waals surface area contributed by atoms with Crippen LogP contribution in [0.3, 0.4) is 0 Å². The van der Waals surface area contributed by atoms with Crippen LogP contribution in [0.5, 0.6) is 5.75 Å². The largest absolute Gasteiger partial charge is 0.507 e. The summed E-state index contributed by atoms with van der Waals surface area (Å²) in [6.45, 7) is 2.00. The maximum absolute atomic E-state index is 13.4. The molecule has 3 nitrogen and oxygen atoms in total. The molecule has 144 valence electrons. The highest BCUT2D eigenvalue weighted by molar-refractivity contribution is 5.91. The first kappa shape index (κ1) is 19.5. The summed E-state index contributed by atoms with van der Waals surface area (Å²) >= 11 is 0. The number of carboxylic acids is 1. The summed E-state index contributed by atoms with van der Waals surface area (Å²) in [5, 5.41) is 19.1. The fourth-order valence-corrected chi connectivity index (χ4v) is 3.38. The zero-order valence-corrected chi connectivity index (χ0v) is 15.3. The minimum Gasteiger partial charge on any atom is -0.507 e. The van der Waals surface area contributed by atoms with Crippen LogP contribution in [0.1, 0.15) is 52.2 Å². The lowest BCUT2D eigenvalue weighted by Gasteiger charge is -2.23. The second kappa shape index (κ2) is 8.21. The molecule has 0 heterocycles. The van der Waals surface area contributed by atoms with Crippen molar-refractivity contribution in [2.75, 3.05) is 0 Å². The third-order valence-corrected chi connectivity index (χ3v) is 4.95. The van der Waals surface area contributed by atoms with Crippen molar-refractivity contribution in [3.8, 4) is 5.75 Å². The van der Waals surface area contributed by atoms with Crippen molar-refractivity contribution in [1.29, 1.82) is 0 Å². The molecule has 3 aromatic rings. The van der Waals surface area contributed by atoms with Gasteiger partial charge < -0.3 is 10.2 Å². The van der Waals surface area contributed by atoms with Crippen LogP contribution in [-0.2, 0) is 0 Å². The molecule has 28 heavy (non-hydrogen) atoms. The molecule has 5 heteroatoms. The van der Waals surface area contributed by atoms with Gasteiger partial charge in [0.25, 0.3) is 0 Å². The highest BCUT2D eigenvalue weighted by atomic mass is 19.1. The molecule has 0 aliphatic carbocycles. The molecule has 0 radical (unpaired) electrons. The van der Waals surface area contributed by atoms with Crippen molar-refractivity contribution in [3.63, 3.8) is 0 Å². The van der Waals surface area contributed by atoms with Crippen LogP contribution in [-0.4, -0.2) is 16.2 Å². The van der Waals surface area contributed by atoms with E-state index in [4.69, 9.17) is 0 Å². The van der Waals surface area contributed by atoms with Crippen LogP contribution in [0, 0.1) is 11.6 Å². The average molecular weight is 382 g/mol. The molecule has 3 rings (SSSR count). The minimum atomic E-state index is -1.22. The van der Waals surface area contributed by atoms with Crippen LogP contribution < -0.4 is 0 Å². The van der Waals surface area contributed by atoms with Crippen molar-refractivity contribution >= 4 is 5.97 Å². The number of carbonyl (C=O) groups is 1. The summed E-state index contributed by atoms with van der Waals surface area (Å²) in [4.78, 5) is 11.4. The van der Waals surface area contributed by atoms with Gasteiger partial charge >= 0.3 is 5.97 Å². The van der Waals surface area contributed by atoms with Gasteiger partial charge in [-0.3, -0.25) is 0 Å². The smallest absolute Gasteiger partial charge is 0.339 e. The molecule has 0 aliphatic heterocycles. The average Bonchev–Trinajstić information content (AvgIpc) is 2.67. The van der Waals surface area contributed by atoms with Gasteiger partial charge in [0, 0.05) is 5.92 Å². The molecule has 2 atom stereocenters. The van der Waals surface area contributed by atoms with Crippen molar-refractivity contribution in [3.05, 3.63) is 101 Å². The lowest BCUT2D eigenvalue weighted by Crippen LogP contribution is -2.08. The number of aromatic hydroxyl groups is 1. The quantitative estimate of drug-likeness (QED) is 0.575. The highest BCUT2D eigenvalue weighted by Gasteiger charge is 2.21. The van der Waals surface area contributed by atoms with E-state index in [1.807, 2.05) is 6.92 Å². The van der Waals surface area contributed by atoms with E-state index < -0.39 is 5.97 Å². The Morgan fingerprint density at radius 2 is 1.36 bits per heavy atom.